The third-order valence-corrected chi connectivity index (χ3v) is 3.07. The van der Waals surface area contributed by atoms with Crippen molar-refractivity contribution in [2.45, 2.75) is 19.9 Å². The quantitative estimate of drug-likeness (QED) is 0.884. The van der Waals surface area contributed by atoms with E-state index in [0.717, 1.165) is 0 Å². The highest BCUT2D eigenvalue weighted by Crippen LogP contribution is 2.26. The van der Waals surface area contributed by atoms with Crippen molar-refractivity contribution in [3.8, 4) is 5.75 Å². The lowest BCUT2D eigenvalue weighted by atomic mass is 10.2. The molecule has 1 aromatic heterocycles. The average molecular weight is 303 g/mol. The van der Waals surface area contributed by atoms with Crippen LogP contribution in [0.5, 0.6) is 5.75 Å². The van der Waals surface area contributed by atoms with Gasteiger partial charge in [-0.15, -0.1) is 0 Å². The predicted molar refractivity (Wildman–Crippen MR) is 80.5 cm³/mol. The molecule has 0 unspecified atom stereocenters. The van der Waals surface area contributed by atoms with E-state index in [4.69, 9.17) is 9.84 Å². The number of hydrogen-bond donors (Lipinski definition) is 2. The van der Waals surface area contributed by atoms with Gasteiger partial charge in [-0.05, 0) is 38.1 Å². The molecule has 1 aromatic carbocycles. The number of rotatable bonds is 5. The molecule has 2 rings (SSSR count). The summed E-state index contributed by atoms with van der Waals surface area (Å²) < 4.78 is 6.79. The fourth-order valence-corrected chi connectivity index (χ4v) is 1.86. The van der Waals surface area contributed by atoms with Crippen LogP contribution in [0.3, 0.4) is 0 Å². The summed E-state index contributed by atoms with van der Waals surface area (Å²) in [4.78, 5) is 23.1. The van der Waals surface area contributed by atoms with Crippen molar-refractivity contribution in [3.63, 3.8) is 0 Å². The Hall–Kier alpha value is -2.83. The van der Waals surface area contributed by atoms with Crippen LogP contribution < -0.4 is 10.1 Å². The van der Waals surface area contributed by atoms with E-state index in [0.29, 0.717) is 5.69 Å². The molecule has 0 fully saturated rings. The van der Waals surface area contributed by atoms with Gasteiger partial charge in [0.25, 0.3) is 5.91 Å². The fourth-order valence-electron chi connectivity index (χ4n) is 1.86. The fraction of sp³-hybridized carbons (Fsp3) is 0.267. The highest BCUT2D eigenvalue weighted by atomic mass is 16.5. The summed E-state index contributed by atoms with van der Waals surface area (Å²) >= 11 is 0. The Balaban J connectivity index is 2.22. The molecule has 0 saturated carbocycles. The number of carboxylic acids is 1. The van der Waals surface area contributed by atoms with Crippen LogP contribution in [0, 0.1) is 0 Å². The summed E-state index contributed by atoms with van der Waals surface area (Å²) in [5, 5.41) is 15.8. The zero-order chi connectivity index (χ0) is 16.3. The molecule has 0 aliphatic carbocycles. The number of carbonyl (C=O) groups is 2. The highest BCUT2D eigenvalue weighted by molar-refractivity contribution is 6.04. The van der Waals surface area contributed by atoms with Gasteiger partial charge in [0.2, 0.25) is 0 Å². The number of benzene rings is 1. The molecule has 2 N–H and O–H groups in total. The van der Waals surface area contributed by atoms with Gasteiger partial charge in [0.1, 0.15) is 5.75 Å². The molecule has 116 valence electrons. The van der Waals surface area contributed by atoms with Crippen molar-refractivity contribution in [3.05, 3.63) is 41.7 Å². The maximum absolute atomic E-state index is 12.2. The van der Waals surface area contributed by atoms with Crippen LogP contribution in [-0.2, 0) is 0 Å². The largest absolute Gasteiger partial charge is 0.495 e. The second-order valence-corrected chi connectivity index (χ2v) is 4.95. The first kappa shape index (κ1) is 15.6. The van der Waals surface area contributed by atoms with E-state index in [1.54, 1.807) is 16.9 Å². The van der Waals surface area contributed by atoms with Crippen molar-refractivity contribution in [2.75, 3.05) is 12.4 Å². The number of methoxy groups -OCH3 is 1. The summed E-state index contributed by atoms with van der Waals surface area (Å²) in [5.41, 5.74) is 0.744. The minimum absolute atomic E-state index is 0.0823. The van der Waals surface area contributed by atoms with Crippen LogP contribution in [0.1, 0.15) is 40.7 Å². The Morgan fingerprint density at radius 3 is 2.59 bits per heavy atom. The molecule has 7 heteroatoms. The number of nitrogens with one attached hydrogen (secondary N) is 1. The zero-order valence-electron chi connectivity index (χ0n) is 12.5. The normalized spacial score (nSPS) is 10.5. The van der Waals surface area contributed by atoms with E-state index < -0.39 is 5.97 Å². The van der Waals surface area contributed by atoms with Gasteiger partial charge >= 0.3 is 5.97 Å². The van der Waals surface area contributed by atoms with Gasteiger partial charge < -0.3 is 15.2 Å². The van der Waals surface area contributed by atoms with Crippen LogP contribution in [0.25, 0.3) is 0 Å². The Labute approximate surface area is 127 Å². The first-order valence-corrected chi connectivity index (χ1v) is 6.70. The van der Waals surface area contributed by atoms with Crippen molar-refractivity contribution < 1.29 is 19.4 Å². The number of hydrogen-bond acceptors (Lipinski definition) is 4. The SMILES string of the molecule is COc1cc(C(=O)O)ccc1NC(=O)c1ccn(C(C)C)n1. The molecule has 1 heterocycles. The lowest BCUT2D eigenvalue weighted by molar-refractivity contribution is 0.0696. The van der Waals surface area contributed by atoms with E-state index in [1.807, 2.05) is 13.8 Å². The lowest BCUT2D eigenvalue weighted by Crippen LogP contribution is -2.14. The summed E-state index contributed by atoms with van der Waals surface area (Å²) in [6, 6.07) is 6.01. The van der Waals surface area contributed by atoms with Crippen molar-refractivity contribution in [1.82, 2.24) is 9.78 Å². The van der Waals surface area contributed by atoms with E-state index in [-0.39, 0.29) is 29.0 Å². The molecule has 7 nitrogen and oxygen atoms in total. The minimum Gasteiger partial charge on any atom is -0.495 e. The molecule has 0 aliphatic rings. The second kappa shape index (κ2) is 6.30. The molecule has 2 aromatic rings. The molecular weight excluding hydrogens is 286 g/mol. The summed E-state index contributed by atoms with van der Waals surface area (Å²) in [6.45, 7) is 3.92. The second-order valence-electron chi connectivity index (χ2n) is 4.95. The van der Waals surface area contributed by atoms with Crippen LogP contribution in [0.15, 0.2) is 30.5 Å². The van der Waals surface area contributed by atoms with Crippen molar-refractivity contribution >= 4 is 17.6 Å². The molecular formula is C15H17N3O4. The number of anilines is 1. The number of carboxylic acid groups (broad SMARTS) is 1. The molecule has 0 spiro atoms. The van der Waals surface area contributed by atoms with E-state index in [9.17, 15) is 9.59 Å². The number of ether oxygens (including phenoxy) is 1. The summed E-state index contributed by atoms with van der Waals surface area (Å²) in [7, 11) is 1.41. The number of carbonyl (C=O) groups excluding carboxylic acids is 1. The Morgan fingerprint density at radius 1 is 1.32 bits per heavy atom. The lowest BCUT2D eigenvalue weighted by Gasteiger charge is -2.10. The Morgan fingerprint density at radius 2 is 2.05 bits per heavy atom. The van der Waals surface area contributed by atoms with Gasteiger partial charge in [0.05, 0.1) is 18.4 Å². The van der Waals surface area contributed by atoms with Crippen molar-refractivity contribution in [1.29, 1.82) is 0 Å². The van der Waals surface area contributed by atoms with Gasteiger partial charge in [-0.25, -0.2) is 4.79 Å². The highest BCUT2D eigenvalue weighted by Gasteiger charge is 2.15. The molecule has 1 amide bonds. The molecule has 0 atom stereocenters. The Kier molecular flexibility index (Phi) is 4.45. The minimum atomic E-state index is -1.06. The van der Waals surface area contributed by atoms with Crippen LogP contribution >= 0.6 is 0 Å². The maximum Gasteiger partial charge on any atom is 0.335 e. The van der Waals surface area contributed by atoms with Gasteiger partial charge in [0, 0.05) is 12.2 Å². The van der Waals surface area contributed by atoms with Gasteiger partial charge in [-0.1, -0.05) is 0 Å². The zero-order valence-corrected chi connectivity index (χ0v) is 12.5. The number of nitrogens with zero attached hydrogens (tertiary/aromatic N) is 2. The van der Waals surface area contributed by atoms with Gasteiger partial charge in [-0.2, -0.15) is 5.10 Å². The monoisotopic (exact) mass is 303 g/mol. The molecule has 0 radical (unpaired) electrons. The number of aromatic carboxylic acids is 1. The van der Waals surface area contributed by atoms with Gasteiger partial charge in [0.15, 0.2) is 5.69 Å². The average Bonchev–Trinajstić information content (AvgIpc) is 2.97. The van der Waals surface area contributed by atoms with E-state index in [1.165, 1.54) is 25.3 Å². The van der Waals surface area contributed by atoms with Crippen LogP contribution in [0.4, 0.5) is 5.69 Å². The third-order valence-electron chi connectivity index (χ3n) is 3.07. The summed E-state index contributed by atoms with van der Waals surface area (Å²) in [6.07, 6.45) is 1.73. The standard InChI is InChI=1S/C15H17N3O4/c1-9(2)18-7-6-12(17-18)14(19)16-11-5-4-10(15(20)21)8-13(11)22-3/h4-9H,1-3H3,(H,16,19)(H,20,21). The molecule has 22 heavy (non-hydrogen) atoms. The number of amides is 1. The molecule has 0 bridgehead atoms. The predicted octanol–water partition coefficient (Wildman–Crippen LogP) is 2.42. The van der Waals surface area contributed by atoms with E-state index in [2.05, 4.69) is 10.4 Å². The van der Waals surface area contributed by atoms with Crippen LogP contribution in [-0.4, -0.2) is 33.9 Å². The van der Waals surface area contributed by atoms with E-state index >= 15 is 0 Å². The summed E-state index contributed by atoms with van der Waals surface area (Å²) in [5.74, 6) is -1.18. The van der Waals surface area contributed by atoms with Crippen molar-refractivity contribution in [2.24, 2.45) is 0 Å². The first-order valence-electron chi connectivity index (χ1n) is 6.70. The molecule has 0 saturated heterocycles. The maximum atomic E-state index is 12.2. The topological polar surface area (TPSA) is 93.5 Å². The van der Waals surface area contributed by atoms with Gasteiger partial charge in [-0.3, -0.25) is 9.48 Å². The first-order chi connectivity index (χ1) is 10.4. The third kappa shape index (κ3) is 3.25. The smallest absolute Gasteiger partial charge is 0.335 e. The molecule has 0 aliphatic heterocycles. The van der Waals surface area contributed by atoms with Crippen LogP contribution in [0.2, 0.25) is 0 Å². The number of aromatic nitrogens is 2. The Bertz CT molecular complexity index is 707.